The molecule has 0 aromatic heterocycles. The number of ether oxygens (including phenoxy) is 1. The van der Waals surface area contributed by atoms with Gasteiger partial charge in [0.2, 0.25) is 5.91 Å². The van der Waals surface area contributed by atoms with Crippen LogP contribution in [-0.4, -0.2) is 37.0 Å². The molecule has 0 fully saturated rings. The van der Waals surface area contributed by atoms with Crippen molar-refractivity contribution in [1.29, 1.82) is 0 Å². The van der Waals surface area contributed by atoms with E-state index in [1.165, 1.54) is 0 Å². The Morgan fingerprint density at radius 3 is 2.53 bits per heavy atom. The molecule has 1 unspecified atom stereocenters. The molecule has 0 saturated heterocycles. The molecule has 30 heavy (non-hydrogen) atoms. The average Bonchev–Trinajstić information content (AvgIpc) is 2.76. The van der Waals surface area contributed by atoms with Crippen molar-refractivity contribution in [1.82, 2.24) is 10.6 Å². The van der Waals surface area contributed by atoms with Gasteiger partial charge in [-0.1, -0.05) is 50.2 Å². The summed E-state index contributed by atoms with van der Waals surface area (Å²) in [5.74, 6) is 0.401. The monoisotopic (exact) mass is 409 g/mol. The number of hydrogen-bond acceptors (Lipinski definition) is 4. The van der Waals surface area contributed by atoms with Gasteiger partial charge in [-0.2, -0.15) is 0 Å². The maximum Gasteiger partial charge on any atom is 0.263 e. The summed E-state index contributed by atoms with van der Waals surface area (Å²) < 4.78 is 5.96. The Balaban J connectivity index is 1.67. The van der Waals surface area contributed by atoms with Crippen LogP contribution in [0.1, 0.15) is 37.8 Å². The van der Waals surface area contributed by atoms with E-state index in [9.17, 15) is 9.59 Å². The number of para-hydroxylation sites is 2. The van der Waals surface area contributed by atoms with Gasteiger partial charge in [-0.05, 0) is 43.0 Å². The van der Waals surface area contributed by atoms with E-state index in [1.54, 1.807) is 0 Å². The molecule has 0 spiro atoms. The summed E-state index contributed by atoms with van der Waals surface area (Å²) in [5, 5.41) is 6.04. The van der Waals surface area contributed by atoms with E-state index in [1.807, 2.05) is 60.4 Å². The summed E-state index contributed by atoms with van der Waals surface area (Å²) in [6.45, 7) is 7.12. The minimum Gasteiger partial charge on any atom is -0.477 e. The summed E-state index contributed by atoms with van der Waals surface area (Å²) in [5.41, 5.74) is 3.07. The van der Waals surface area contributed by atoms with E-state index in [-0.39, 0.29) is 24.4 Å². The van der Waals surface area contributed by atoms with Crippen LogP contribution in [0.25, 0.3) is 0 Å². The number of nitrogens with zero attached hydrogens (tertiary/aromatic N) is 1. The maximum absolute atomic E-state index is 12.8. The van der Waals surface area contributed by atoms with E-state index in [4.69, 9.17) is 4.74 Å². The molecule has 2 amide bonds. The standard InChI is InChI=1S/C24H31N3O3/c1-4-19(5-2)26-24(29)22-15-27(20-12-8-9-13-21(20)30-22)16-23(28)25-14-18-11-7-6-10-17(18)3/h6-13,19,22H,4-5,14-16H2,1-3H3,(H,25,28)(H,26,29). The maximum atomic E-state index is 12.8. The quantitative estimate of drug-likeness (QED) is 0.703. The molecule has 1 heterocycles. The van der Waals surface area contributed by atoms with Gasteiger partial charge in [0.1, 0.15) is 5.75 Å². The van der Waals surface area contributed by atoms with Gasteiger partial charge in [0.15, 0.2) is 6.10 Å². The first kappa shape index (κ1) is 21.7. The number of hydrogen-bond donors (Lipinski definition) is 2. The molecule has 0 bridgehead atoms. The SMILES string of the molecule is CCC(CC)NC(=O)C1CN(CC(=O)NCc2ccccc2C)c2ccccc2O1. The Kier molecular flexibility index (Phi) is 7.33. The highest BCUT2D eigenvalue weighted by Crippen LogP contribution is 2.33. The number of nitrogens with one attached hydrogen (secondary N) is 2. The van der Waals surface area contributed by atoms with Gasteiger partial charge in [-0.3, -0.25) is 9.59 Å². The van der Waals surface area contributed by atoms with Gasteiger partial charge < -0.3 is 20.3 Å². The number of benzene rings is 2. The second-order valence-corrected chi connectivity index (χ2v) is 7.68. The number of anilines is 1. The summed E-state index contributed by atoms with van der Waals surface area (Å²) in [4.78, 5) is 27.3. The highest BCUT2D eigenvalue weighted by Gasteiger charge is 2.32. The molecule has 6 nitrogen and oxygen atoms in total. The first-order valence-corrected chi connectivity index (χ1v) is 10.6. The molecule has 3 rings (SSSR count). The highest BCUT2D eigenvalue weighted by molar-refractivity contribution is 5.86. The zero-order valence-corrected chi connectivity index (χ0v) is 18.0. The lowest BCUT2D eigenvalue weighted by molar-refractivity contribution is -0.129. The Morgan fingerprint density at radius 1 is 1.10 bits per heavy atom. The second kappa shape index (κ2) is 10.1. The fourth-order valence-corrected chi connectivity index (χ4v) is 3.61. The molecule has 0 radical (unpaired) electrons. The van der Waals surface area contributed by atoms with Crippen molar-refractivity contribution in [3.8, 4) is 5.75 Å². The van der Waals surface area contributed by atoms with Gasteiger partial charge in [-0.15, -0.1) is 0 Å². The molecule has 1 aliphatic heterocycles. The van der Waals surface area contributed by atoms with Crippen LogP contribution in [0, 0.1) is 6.92 Å². The number of rotatable bonds is 8. The lowest BCUT2D eigenvalue weighted by atomic mass is 10.1. The normalized spacial score (nSPS) is 15.3. The van der Waals surface area contributed by atoms with Crippen LogP contribution >= 0.6 is 0 Å². The first-order valence-electron chi connectivity index (χ1n) is 10.6. The average molecular weight is 410 g/mol. The fourth-order valence-electron chi connectivity index (χ4n) is 3.61. The molecule has 6 heteroatoms. The highest BCUT2D eigenvalue weighted by atomic mass is 16.5. The van der Waals surface area contributed by atoms with Gasteiger partial charge in [0.05, 0.1) is 18.8 Å². The van der Waals surface area contributed by atoms with Crippen molar-refractivity contribution >= 4 is 17.5 Å². The lowest BCUT2D eigenvalue weighted by Crippen LogP contribution is -2.52. The molecule has 1 atom stereocenters. The number of carbonyl (C=O) groups is 2. The Bertz CT molecular complexity index is 880. The van der Waals surface area contributed by atoms with Crippen LogP contribution < -0.4 is 20.3 Å². The number of amides is 2. The predicted octanol–water partition coefficient (Wildman–Crippen LogP) is 3.18. The number of carbonyl (C=O) groups excluding carboxylic acids is 2. The second-order valence-electron chi connectivity index (χ2n) is 7.68. The molecule has 160 valence electrons. The first-order chi connectivity index (χ1) is 14.5. The topological polar surface area (TPSA) is 70.7 Å². The summed E-state index contributed by atoms with van der Waals surface area (Å²) >= 11 is 0. The molecule has 2 aromatic carbocycles. The summed E-state index contributed by atoms with van der Waals surface area (Å²) in [7, 11) is 0. The van der Waals surface area contributed by atoms with Gasteiger partial charge in [-0.25, -0.2) is 0 Å². The van der Waals surface area contributed by atoms with E-state index in [0.717, 1.165) is 29.7 Å². The minimum atomic E-state index is -0.648. The zero-order chi connectivity index (χ0) is 21.5. The van der Waals surface area contributed by atoms with Crippen molar-refractivity contribution in [3.05, 3.63) is 59.7 Å². The number of aryl methyl sites for hydroxylation is 1. The van der Waals surface area contributed by atoms with Crippen molar-refractivity contribution in [2.24, 2.45) is 0 Å². The third kappa shape index (κ3) is 5.32. The summed E-state index contributed by atoms with van der Waals surface area (Å²) in [6.07, 6.45) is 1.09. The summed E-state index contributed by atoms with van der Waals surface area (Å²) in [6, 6.07) is 15.7. The van der Waals surface area contributed by atoms with E-state index < -0.39 is 6.10 Å². The molecule has 0 aliphatic carbocycles. The van der Waals surface area contributed by atoms with Crippen molar-refractivity contribution in [3.63, 3.8) is 0 Å². The van der Waals surface area contributed by atoms with Crippen LogP contribution in [0.2, 0.25) is 0 Å². The Hall–Kier alpha value is -3.02. The third-order valence-electron chi connectivity index (χ3n) is 5.56. The molecule has 2 N–H and O–H groups in total. The fraction of sp³-hybridized carbons (Fsp3) is 0.417. The van der Waals surface area contributed by atoms with Crippen LogP contribution in [0.3, 0.4) is 0 Å². The third-order valence-corrected chi connectivity index (χ3v) is 5.56. The minimum absolute atomic E-state index is 0.0888. The van der Waals surface area contributed by atoms with E-state index in [2.05, 4.69) is 24.5 Å². The smallest absolute Gasteiger partial charge is 0.263 e. The van der Waals surface area contributed by atoms with E-state index >= 15 is 0 Å². The van der Waals surface area contributed by atoms with Crippen molar-refractivity contribution < 1.29 is 14.3 Å². The molecular formula is C24H31N3O3. The van der Waals surface area contributed by atoms with Crippen molar-refractivity contribution in [2.75, 3.05) is 18.0 Å². The lowest BCUT2D eigenvalue weighted by Gasteiger charge is -2.35. The van der Waals surface area contributed by atoms with Gasteiger partial charge in [0.25, 0.3) is 5.91 Å². The molecule has 0 saturated carbocycles. The van der Waals surface area contributed by atoms with Crippen LogP contribution in [0.5, 0.6) is 5.75 Å². The van der Waals surface area contributed by atoms with Crippen LogP contribution in [0.15, 0.2) is 48.5 Å². The Labute approximate surface area is 178 Å². The van der Waals surface area contributed by atoms with Crippen LogP contribution in [-0.2, 0) is 16.1 Å². The van der Waals surface area contributed by atoms with Gasteiger partial charge >= 0.3 is 0 Å². The molecular weight excluding hydrogens is 378 g/mol. The molecule has 1 aliphatic rings. The zero-order valence-electron chi connectivity index (χ0n) is 18.0. The largest absolute Gasteiger partial charge is 0.477 e. The van der Waals surface area contributed by atoms with E-state index in [0.29, 0.717) is 18.8 Å². The number of fused-ring (bicyclic) bond motifs is 1. The van der Waals surface area contributed by atoms with Crippen LogP contribution in [0.4, 0.5) is 5.69 Å². The molecule has 2 aromatic rings. The predicted molar refractivity (Wildman–Crippen MR) is 119 cm³/mol. The van der Waals surface area contributed by atoms with Gasteiger partial charge in [0, 0.05) is 12.6 Å². The Morgan fingerprint density at radius 2 is 1.80 bits per heavy atom. The van der Waals surface area contributed by atoms with Crippen molar-refractivity contribution in [2.45, 2.75) is 52.3 Å².